The molecule has 23 heavy (non-hydrogen) atoms. The molecule has 0 radical (unpaired) electrons. The Bertz CT molecular complexity index is 848. The Kier molecular flexibility index (Phi) is 3.00. The number of nitrogens with two attached hydrogens (primary N) is 1. The van der Waals surface area contributed by atoms with Gasteiger partial charge in [-0.25, -0.2) is 4.98 Å². The molecule has 0 saturated carbocycles. The van der Waals surface area contributed by atoms with Gasteiger partial charge in [-0.1, -0.05) is 5.57 Å². The summed E-state index contributed by atoms with van der Waals surface area (Å²) in [7, 11) is 0. The standard InChI is InChI=1S/C16H15N5O2/c17-10-4-6-11(7-5-10)18-15(22)14-19-13-8-9-2-1-3-12(9)16(23)21(13)20-14/h4-7H,1-3,8,17H2,(H,18,22). The molecule has 0 spiro atoms. The number of anilines is 2. The van der Waals surface area contributed by atoms with Crippen LogP contribution in [-0.2, 0) is 6.42 Å². The van der Waals surface area contributed by atoms with Crippen molar-refractivity contribution in [3.8, 4) is 0 Å². The van der Waals surface area contributed by atoms with E-state index < -0.39 is 5.91 Å². The van der Waals surface area contributed by atoms with Crippen LogP contribution in [0.5, 0.6) is 0 Å². The molecular weight excluding hydrogens is 294 g/mol. The van der Waals surface area contributed by atoms with Crippen LogP contribution in [0.3, 0.4) is 0 Å². The lowest BCUT2D eigenvalue weighted by Crippen LogP contribution is -2.23. The van der Waals surface area contributed by atoms with Crippen LogP contribution in [0.4, 0.5) is 11.4 Å². The van der Waals surface area contributed by atoms with Crippen molar-refractivity contribution in [1.29, 1.82) is 0 Å². The summed E-state index contributed by atoms with van der Waals surface area (Å²) >= 11 is 0. The zero-order chi connectivity index (χ0) is 16.0. The number of aromatic nitrogens is 3. The van der Waals surface area contributed by atoms with E-state index >= 15 is 0 Å². The molecule has 4 rings (SSSR count). The van der Waals surface area contributed by atoms with Crippen LogP contribution in [0.2, 0.25) is 0 Å². The Morgan fingerprint density at radius 1 is 1.22 bits per heavy atom. The van der Waals surface area contributed by atoms with E-state index in [-0.39, 0.29) is 11.7 Å². The van der Waals surface area contributed by atoms with E-state index in [9.17, 15) is 9.59 Å². The van der Waals surface area contributed by atoms with Gasteiger partial charge in [0.25, 0.3) is 11.8 Å². The highest BCUT2D eigenvalue weighted by Gasteiger charge is 2.32. The number of nitrogens with zero attached hydrogens (tertiary/aromatic N) is 3. The van der Waals surface area contributed by atoms with E-state index in [1.807, 2.05) is 0 Å². The van der Waals surface area contributed by atoms with Crippen molar-refractivity contribution in [3.05, 3.63) is 47.1 Å². The summed E-state index contributed by atoms with van der Waals surface area (Å²) in [5.41, 5.74) is 8.81. The second-order valence-electron chi connectivity index (χ2n) is 5.76. The minimum absolute atomic E-state index is 0.00588. The summed E-state index contributed by atoms with van der Waals surface area (Å²) in [5.74, 6) is -0.0353. The number of hydrogen-bond acceptors (Lipinski definition) is 5. The number of carbonyl (C=O) groups excluding carboxylic acids is 2. The second-order valence-corrected chi connectivity index (χ2v) is 5.76. The van der Waals surface area contributed by atoms with Crippen LogP contribution < -0.4 is 11.1 Å². The van der Waals surface area contributed by atoms with Crippen molar-refractivity contribution in [2.45, 2.75) is 25.7 Å². The molecule has 0 fully saturated rings. The summed E-state index contributed by atoms with van der Waals surface area (Å²) in [6, 6.07) is 6.79. The molecule has 0 saturated heterocycles. The average Bonchev–Trinajstić information content (AvgIpc) is 3.16. The Hall–Kier alpha value is -2.96. The number of carbonyl (C=O) groups is 2. The van der Waals surface area contributed by atoms with Gasteiger partial charge in [-0.05, 0) is 43.5 Å². The SMILES string of the molecule is Nc1ccc(NC(=O)c2nc3n(n2)C(=O)C2=C(CCC2)C3)cc1. The first kappa shape index (κ1) is 13.7. The van der Waals surface area contributed by atoms with Gasteiger partial charge in [0.2, 0.25) is 5.82 Å². The normalized spacial score (nSPS) is 16.3. The average molecular weight is 309 g/mol. The molecule has 1 amide bonds. The third-order valence-electron chi connectivity index (χ3n) is 4.20. The molecule has 0 atom stereocenters. The van der Waals surface area contributed by atoms with E-state index in [0.717, 1.165) is 30.4 Å². The highest BCUT2D eigenvalue weighted by atomic mass is 16.2. The summed E-state index contributed by atoms with van der Waals surface area (Å²) in [6.07, 6.45) is 3.33. The van der Waals surface area contributed by atoms with Crippen LogP contribution in [-0.4, -0.2) is 26.6 Å². The molecule has 0 unspecified atom stereocenters. The van der Waals surface area contributed by atoms with E-state index in [1.165, 1.54) is 4.68 Å². The van der Waals surface area contributed by atoms with Gasteiger partial charge in [-0.3, -0.25) is 9.59 Å². The molecule has 1 aromatic carbocycles. The van der Waals surface area contributed by atoms with E-state index in [0.29, 0.717) is 23.6 Å². The smallest absolute Gasteiger partial charge is 0.295 e. The van der Waals surface area contributed by atoms with Crippen molar-refractivity contribution >= 4 is 23.2 Å². The van der Waals surface area contributed by atoms with E-state index in [1.54, 1.807) is 24.3 Å². The van der Waals surface area contributed by atoms with Crippen molar-refractivity contribution in [3.63, 3.8) is 0 Å². The minimum atomic E-state index is -0.440. The highest BCUT2D eigenvalue weighted by molar-refractivity contribution is 6.03. The van der Waals surface area contributed by atoms with Crippen molar-refractivity contribution in [1.82, 2.24) is 14.8 Å². The van der Waals surface area contributed by atoms with Crippen LogP contribution in [0.1, 0.15) is 40.5 Å². The zero-order valence-corrected chi connectivity index (χ0v) is 12.4. The predicted molar refractivity (Wildman–Crippen MR) is 84.0 cm³/mol. The Morgan fingerprint density at radius 3 is 2.78 bits per heavy atom. The molecule has 1 aliphatic carbocycles. The molecule has 0 bridgehead atoms. The van der Waals surface area contributed by atoms with Gasteiger partial charge in [0.05, 0.1) is 0 Å². The molecule has 1 aliphatic heterocycles. The molecule has 7 heteroatoms. The summed E-state index contributed by atoms with van der Waals surface area (Å²) in [5, 5.41) is 6.79. The van der Waals surface area contributed by atoms with Gasteiger partial charge in [-0.15, -0.1) is 5.10 Å². The first-order valence-electron chi connectivity index (χ1n) is 7.50. The molecule has 7 nitrogen and oxygen atoms in total. The Labute approximate surface area is 132 Å². The van der Waals surface area contributed by atoms with Crippen LogP contribution >= 0.6 is 0 Å². The van der Waals surface area contributed by atoms with E-state index in [2.05, 4.69) is 15.4 Å². The number of benzene rings is 1. The van der Waals surface area contributed by atoms with Crippen molar-refractivity contribution in [2.75, 3.05) is 11.1 Å². The van der Waals surface area contributed by atoms with Crippen molar-refractivity contribution < 1.29 is 9.59 Å². The number of nitrogen functional groups attached to an aromatic ring is 1. The lowest BCUT2D eigenvalue weighted by atomic mass is 10.0. The summed E-state index contributed by atoms with van der Waals surface area (Å²) in [6.45, 7) is 0. The molecular formula is C16H15N5O2. The van der Waals surface area contributed by atoms with Gasteiger partial charge in [0, 0.05) is 23.4 Å². The largest absolute Gasteiger partial charge is 0.399 e. The third kappa shape index (κ3) is 2.30. The highest BCUT2D eigenvalue weighted by Crippen LogP contribution is 2.32. The molecule has 2 heterocycles. The van der Waals surface area contributed by atoms with Gasteiger partial charge in [0.1, 0.15) is 5.82 Å². The molecule has 2 aromatic rings. The fourth-order valence-electron chi connectivity index (χ4n) is 3.05. The van der Waals surface area contributed by atoms with Gasteiger partial charge >= 0.3 is 0 Å². The number of hydrogen-bond donors (Lipinski definition) is 2. The number of rotatable bonds is 2. The van der Waals surface area contributed by atoms with E-state index in [4.69, 9.17) is 5.73 Å². The first-order valence-corrected chi connectivity index (χ1v) is 7.50. The number of amides is 1. The maximum absolute atomic E-state index is 12.4. The van der Waals surface area contributed by atoms with Gasteiger partial charge < -0.3 is 11.1 Å². The number of allylic oxidation sites excluding steroid dienone is 2. The molecule has 2 aliphatic rings. The second kappa shape index (κ2) is 5.05. The molecule has 3 N–H and O–H groups in total. The van der Waals surface area contributed by atoms with Crippen LogP contribution in [0.25, 0.3) is 0 Å². The maximum atomic E-state index is 12.4. The number of nitrogens with one attached hydrogen (secondary N) is 1. The Morgan fingerprint density at radius 2 is 2.00 bits per heavy atom. The fourth-order valence-corrected chi connectivity index (χ4v) is 3.05. The van der Waals surface area contributed by atoms with Gasteiger partial charge in [0.15, 0.2) is 0 Å². The number of fused-ring (bicyclic) bond motifs is 1. The molecule has 116 valence electrons. The topological polar surface area (TPSA) is 103 Å². The summed E-state index contributed by atoms with van der Waals surface area (Å²) in [4.78, 5) is 28.9. The quantitative estimate of drug-likeness (QED) is 0.823. The predicted octanol–water partition coefficient (Wildman–Crippen LogP) is 1.79. The third-order valence-corrected chi connectivity index (χ3v) is 4.20. The lowest BCUT2D eigenvalue weighted by Gasteiger charge is -2.13. The maximum Gasteiger partial charge on any atom is 0.295 e. The summed E-state index contributed by atoms with van der Waals surface area (Å²) < 4.78 is 1.27. The van der Waals surface area contributed by atoms with Crippen LogP contribution in [0.15, 0.2) is 35.4 Å². The Balaban J connectivity index is 1.58. The van der Waals surface area contributed by atoms with Crippen LogP contribution in [0, 0.1) is 0 Å². The lowest BCUT2D eigenvalue weighted by molar-refractivity contribution is 0.0927. The van der Waals surface area contributed by atoms with Crippen molar-refractivity contribution in [2.24, 2.45) is 0 Å². The zero-order valence-electron chi connectivity index (χ0n) is 12.4. The van der Waals surface area contributed by atoms with Gasteiger partial charge in [-0.2, -0.15) is 4.68 Å². The molecule has 1 aromatic heterocycles. The minimum Gasteiger partial charge on any atom is -0.399 e. The first-order chi connectivity index (χ1) is 11.1. The monoisotopic (exact) mass is 309 g/mol. The fraction of sp³-hybridized carbons (Fsp3) is 0.250.